The van der Waals surface area contributed by atoms with Crippen LogP contribution >= 0.6 is 11.3 Å². The van der Waals surface area contributed by atoms with Gasteiger partial charge < -0.3 is 9.64 Å². The molecular weight excluding hydrogens is 394 g/mol. The van der Waals surface area contributed by atoms with E-state index in [0.717, 1.165) is 17.8 Å². The molecule has 1 aliphatic carbocycles. The Labute approximate surface area is 172 Å². The Morgan fingerprint density at radius 1 is 1.21 bits per heavy atom. The normalized spacial score (nSPS) is 17.9. The maximum absolute atomic E-state index is 13.0. The zero-order chi connectivity index (χ0) is 20.2. The molecule has 1 N–H and O–H groups in total. The fourth-order valence-corrected chi connectivity index (χ4v) is 4.77. The molecule has 9 nitrogen and oxygen atoms in total. The van der Waals surface area contributed by atoms with Gasteiger partial charge in [-0.15, -0.1) is 10.2 Å². The minimum Gasteiger partial charge on any atom is -0.378 e. The highest BCUT2D eigenvalue weighted by atomic mass is 32.1. The van der Waals surface area contributed by atoms with Gasteiger partial charge in [-0.3, -0.25) is 20.2 Å². The molecule has 0 bridgehead atoms. The van der Waals surface area contributed by atoms with Gasteiger partial charge >= 0.3 is 0 Å². The number of hydrogen-bond donors (Lipinski definition) is 1. The first-order valence-corrected chi connectivity index (χ1v) is 10.7. The summed E-state index contributed by atoms with van der Waals surface area (Å²) in [5, 5.41) is 23.8. The van der Waals surface area contributed by atoms with Crippen LogP contribution in [0, 0.1) is 10.1 Å². The summed E-state index contributed by atoms with van der Waals surface area (Å²) in [7, 11) is 0. The van der Waals surface area contributed by atoms with Crippen LogP contribution in [-0.2, 0) is 4.74 Å². The summed E-state index contributed by atoms with van der Waals surface area (Å²) in [5.41, 5.74) is 0.802. The van der Waals surface area contributed by atoms with E-state index in [4.69, 9.17) is 4.74 Å². The maximum atomic E-state index is 13.0. The second-order valence-electron chi connectivity index (χ2n) is 7.29. The fraction of sp³-hybridized carbons (Fsp3) is 0.526. The molecule has 2 aliphatic rings. The van der Waals surface area contributed by atoms with Crippen LogP contribution in [0.5, 0.6) is 0 Å². The Bertz CT molecular complexity index is 890. The number of nitro groups is 1. The van der Waals surface area contributed by atoms with Gasteiger partial charge in [0.15, 0.2) is 0 Å². The predicted molar refractivity (Wildman–Crippen MR) is 110 cm³/mol. The van der Waals surface area contributed by atoms with E-state index < -0.39 is 10.8 Å². The van der Waals surface area contributed by atoms with Gasteiger partial charge in [-0.1, -0.05) is 30.6 Å². The van der Waals surface area contributed by atoms with Gasteiger partial charge in [0.05, 0.1) is 29.4 Å². The first kappa shape index (κ1) is 19.7. The fourth-order valence-electron chi connectivity index (χ4n) is 3.86. The second kappa shape index (κ2) is 8.83. The van der Waals surface area contributed by atoms with E-state index in [2.05, 4.69) is 15.5 Å². The lowest BCUT2D eigenvalue weighted by atomic mass is 9.90. The predicted octanol–water partition coefficient (Wildman–Crippen LogP) is 3.58. The molecule has 0 unspecified atom stereocenters. The minimum absolute atomic E-state index is 0.118. The van der Waals surface area contributed by atoms with Gasteiger partial charge in [-0.25, -0.2) is 0 Å². The topological polar surface area (TPSA) is 110 Å². The number of nitrogens with zero attached hydrogens (tertiary/aromatic N) is 4. The molecule has 10 heteroatoms. The van der Waals surface area contributed by atoms with Crippen LogP contribution in [0.15, 0.2) is 18.2 Å². The lowest BCUT2D eigenvalue weighted by Crippen LogP contribution is -2.37. The monoisotopic (exact) mass is 417 g/mol. The molecule has 1 saturated heterocycles. The third-order valence-electron chi connectivity index (χ3n) is 5.40. The standard InChI is InChI=1S/C19H23N5O4S/c25-17(20-19-22-21-18(29-19)13-4-2-1-3-5-13)15-12-14(24(26)27)6-7-16(15)23-8-10-28-11-9-23/h6-7,12-13H,1-5,8-11H2,(H,20,22,25). The highest BCUT2D eigenvalue weighted by Crippen LogP contribution is 2.35. The molecule has 154 valence electrons. The number of carbonyl (C=O) groups excluding carboxylic acids is 1. The Kier molecular flexibility index (Phi) is 6.00. The smallest absolute Gasteiger partial charge is 0.270 e. The van der Waals surface area contributed by atoms with E-state index in [0.29, 0.717) is 43.0 Å². The summed E-state index contributed by atoms with van der Waals surface area (Å²) < 4.78 is 5.37. The number of amides is 1. The number of ether oxygens (including phenoxy) is 1. The van der Waals surface area contributed by atoms with Crippen molar-refractivity contribution in [3.05, 3.63) is 38.9 Å². The third-order valence-corrected chi connectivity index (χ3v) is 6.40. The van der Waals surface area contributed by atoms with E-state index >= 15 is 0 Å². The second-order valence-corrected chi connectivity index (χ2v) is 8.30. The number of benzene rings is 1. The molecule has 1 aliphatic heterocycles. The Morgan fingerprint density at radius 3 is 2.69 bits per heavy atom. The summed E-state index contributed by atoms with van der Waals surface area (Å²) in [5.74, 6) is -0.00448. The number of non-ortho nitro benzene ring substituents is 1. The average molecular weight is 417 g/mol. The Balaban J connectivity index is 1.56. The maximum Gasteiger partial charge on any atom is 0.270 e. The Hall–Kier alpha value is -2.59. The SMILES string of the molecule is O=C(Nc1nnc(C2CCCCC2)s1)c1cc([N+](=O)[O-])ccc1N1CCOCC1. The summed E-state index contributed by atoms with van der Waals surface area (Å²) in [4.78, 5) is 25.7. The number of nitro benzene ring substituents is 1. The largest absolute Gasteiger partial charge is 0.378 e. The van der Waals surface area contributed by atoms with E-state index in [-0.39, 0.29) is 11.3 Å². The van der Waals surface area contributed by atoms with Crippen molar-refractivity contribution in [2.45, 2.75) is 38.0 Å². The molecule has 29 heavy (non-hydrogen) atoms. The lowest BCUT2D eigenvalue weighted by Gasteiger charge is -2.30. The number of carbonyl (C=O) groups is 1. The summed E-state index contributed by atoms with van der Waals surface area (Å²) in [6, 6.07) is 4.38. The van der Waals surface area contributed by atoms with E-state index in [1.165, 1.54) is 42.7 Å². The van der Waals surface area contributed by atoms with Crippen LogP contribution in [0.1, 0.15) is 53.4 Å². The third kappa shape index (κ3) is 4.54. The van der Waals surface area contributed by atoms with E-state index in [1.807, 2.05) is 4.90 Å². The molecule has 0 radical (unpaired) electrons. The average Bonchev–Trinajstić information content (AvgIpc) is 3.23. The highest BCUT2D eigenvalue weighted by molar-refractivity contribution is 7.15. The van der Waals surface area contributed by atoms with Crippen molar-refractivity contribution in [3.8, 4) is 0 Å². The quantitative estimate of drug-likeness (QED) is 0.585. The van der Waals surface area contributed by atoms with Gasteiger partial charge in [0.25, 0.3) is 11.6 Å². The number of aromatic nitrogens is 2. The molecule has 1 saturated carbocycles. The van der Waals surface area contributed by atoms with Gasteiger partial charge in [0.2, 0.25) is 5.13 Å². The van der Waals surface area contributed by atoms with Crippen LogP contribution in [0.2, 0.25) is 0 Å². The molecule has 0 spiro atoms. The van der Waals surface area contributed by atoms with Crippen LogP contribution in [0.3, 0.4) is 0 Å². The van der Waals surface area contributed by atoms with Crippen LogP contribution in [0.25, 0.3) is 0 Å². The number of rotatable bonds is 5. The highest BCUT2D eigenvalue weighted by Gasteiger charge is 2.24. The zero-order valence-corrected chi connectivity index (χ0v) is 16.8. The summed E-state index contributed by atoms with van der Waals surface area (Å²) in [6.07, 6.45) is 5.87. The lowest BCUT2D eigenvalue weighted by molar-refractivity contribution is -0.384. The number of nitrogens with one attached hydrogen (secondary N) is 1. The molecule has 0 atom stereocenters. The van der Waals surface area contributed by atoms with Crippen molar-refractivity contribution < 1.29 is 14.5 Å². The first-order valence-electron chi connectivity index (χ1n) is 9.87. The van der Waals surface area contributed by atoms with Gasteiger partial charge in [0.1, 0.15) is 5.01 Å². The molecule has 1 aromatic heterocycles. The van der Waals surface area contributed by atoms with E-state index in [9.17, 15) is 14.9 Å². The van der Waals surface area contributed by atoms with Gasteiger partial charge in [-0.05, 0) is 18.9 Å². The van der Waals surface area contributed by atoms with Crippen molar-refractivity contribution >= 4 is 33.8 Å². The number of anilines is 2. The molecule has 1 aromatic carbocycles. The molecule has 2 fully saturated rings. The molecule has 1 amide bonds. The molecule has 4 rings (SSSR count). The number of morpholine rings is 1. The number of hydrogen-bond acceptors (Lipinski definition) is 8. The van der Waals surface area contributed by atoms with Gasteiger partial charge in [-0.2, -0.15) is 0 Å². The summed E-state index contributed by atoms with van der Waals surface area (Å²) in [6.45, 7) is 2.36. The first-order chi connectivity index (χ1) is 14.1. The minimum atomic E-state index is -0.494. The molecule has 2 heterocycles. The zero-order valence-electron chi connectivity index (χ0n) is 16.0. The Morgan fingerprint density at radius 2 is 1.97 bits per heavy atom. The van der Waals surface area contributed by atoms with Crippen molar-refractivity contribution in [2.24, 2.45) is 0 Å². The van der Waals surface area contributed by atoms with Crippen LogP contribution in [-0.4, -0.2) is 47.3 Å². The summed E-state index contributed by atoms with van der Waals surface area (Å²) >= 11 is 1.39. The van der Waals surface area contributed by atoms with E-state index in [1.54, 1.807) is 6.07 Å². The van der Waals surface area contributed by atoms with Crippen molar-refractivity contribution in [3.63, 3.8) is 0 Å². The molecule has 2 aromatic rings. The van der Waals surface area contributed by atoms with Crippen molar-refractivity contribution in [1.82, 2.24) is 10.2 Å². The van der Waals surface area contributed by atoms with Crippen molar-refractivity contribution in [2.75, 3.05) is 36.5 Å². The van der Waals surface area contributed by atoms with Gasteiger partial charge in [0, 0.05) is 31.1 Å². The van der Waals surface area contributed by atoms with Crippen LogP contribution in [0.4, 0.5) is 16.5 Å². The van der Waals surface area contributed by atoms with Crippen LogP contribution < -0.4 is 10.2 Å². The molecular formula is C19H23N5O4S. The van der Waals surface area contributed by atoms with Crippen molar-refractivity contribution in [1.29, 1.82) is 0 Å².